The Hall–Kier alpha value is -1.69. The van der Waals surface area contributed by atoms with Crippen molar-refractivity contribution < 1.29 is 4.39 Å². The van der Waals surface area contributed by atoms with E-state index in [4.69, 9.17) is 11.6 Å². The van der Waals surface area contributed by atoms with Crippen molar-refractivity contribution in [3.05, 3.63) is 39.5 Å². The van der Waals surface area contributed by atoms with Gasteiger partial charge < -0.3 is 0 Å². The number of hydrogen-bond donors (Lipinski definition) is 1. The molecule has 1 N–H and O–H groups in total. The third kappa shape index (κ3) is 1.39. The molecule has 2 aromatic rings. The molecule has 0 aliphatic carbocycles. The van der Waals surface area contributed by atoms with E-state index in [1.807, 2.05) is 0 Å². The van der Waals surface area contributed by atoms with Gasteiger partial charge >= 0.3 is 5.69 Å². The summed E-state index contributed by atoms with van der Waals surface area (Å²) in [7, 11) is 0. The largest absolute Gasteiger partial charge is 0.365 e. The predicted octanol–water partition coefficient (Wildman–Crippen LogP) is 0.748. The third-order valence-electron chi connectivity index (χ3n) is 1.61. The molecule has 0 unspecified atom stereocenters. The van der Waals surface area contributed by atoms with E-state index < -0.39 is 11.5 Å². The van der Waals surface area contributed by atoms with E-state index in [0.29, 0.717) is 0 Å². The van der Waals surface area contributed by atoms with Gasteiger partial charge in [0, 0.05) is 5.02 Å². The van der Waals surface area contributed by atoms with Crippen molar-refractivity contribution in [3.63, 3.8) is 0 Å². The quantitative estimate of drug-likeness (QED) is 0.762. The van der Waals surface area contributed by atoms with Crippen LogP contribution >= 0.6 is 11.6 Å². The molecule has 0 amide bonds. The van der Waals surface area contributed by atoms with Crippen LogP contribution in [-0.2, 0) is 0 Å². The van der Waals surface area contributed by atoms with Crippen LogP contribution in [0, 0.1) is 5.82 Å². The van der Waals surface area contributed by atoms with Crippen LogP contribution in [0.25, 0.3) is 5.69 Å². The van der Waals surface area contributed by atoms with E-state index in [9.17, 15) is 9.18 Å². The van der Waals surface area contributed by atoms with Gasteiger partial charge in [0.25, 0.3) is 0 Å². The van der Waals surface area contributed by atoms with E-state index in [0.717, 1.165) is 10.7 Å². The second-order valence-corrected chi connectivity index (χ2v) is 2.95. The van der Waals surface area contributed by atoms with Gasteiger partial charge in [-0.1, -0.05) is 11.6 Å². The van der Waals surface area contributed by atoms with Crippen molar-refractivity contribution in [3.8, 4) is 5.69 Å². The zero-order valence-corrected chi connectivity index (χ0v) is 7.49. The molecule has 0 saturated heterocycles. The van der Waals surface area contributed by atoms with Crippen LogP contribution in [0.5, 0.6) is 0 Å². The van der Waals surface area contributed by atoms with Gasteiger partial charge in [-0.25, -0.2) is 14.3 Å². The second-order valence-electron chi connectivity index (χ2n) is 2.51. The molecule has 0 saturated carbocycles. The molecular weight excluding hydrogens is 211 g/mol. The average molecular weight is 215 g/mol. The molecule has 0 radical (unpaired) electrons. The van der Waals surface area contributed by atoms with E-state index in [-0.39, 0.29) is 10.7 Å². The van der Waals surface area contributed by atoms with Crippen LogP contribution in [-0.4, -0.2) is 20.2 Å². The molecule has 0 aliphatic heterocycles. The Balaban J connectivity index is 2.63. The number of halogens is 2. The standard InChI is InChI=1S/C7H4ClFN4O/c8-4-1-2-6(5(9)3-4)13-7(14)10-11-12-13/h1-3H,(H,10,12,14). The molecule has 1 aromatic carbocycles. The van der Waals surface area contributed by atoms with Gasteiger partial charge in [0.1, 0.15) is 5.69 Å². The van der Waals surface area contributed by atoms with Gasteiger partial charge in [-0.15, -0.1) is 0 Å². The SMILES string of the molecule is O=c1[nH]nnn1-c1ccc(Cl)cc1F. The molecule has 5 nitrogen and oxygen atoms in total. The van der Waals surface area contributed by atoms with Crippen LogP contribution in [0.3, 0.4) is 0 Å². The van der Waals surface area contributed by atoms with Gasteiger partial charge in [0.05, 0.1) is 0 Å². The van der Waals surface area contributed by atoms with E-state index >= 15 is 0 Å². The first-order valence-electron chi connectivity index (χ1n) is 3.64. The number of H-pyrrole nitrogens is 1. The lowest BCUT2D eigenvalue weighted by molar-refractivity contribution is 0.604. The summed E-state index contributed by atoms with van der Waals surface area (Å²) in [6.45, 7) is 0. The fraction of sp³-hybridized carbons (Fsp3) is 0. The molecule has 1 heterocycles. The number of rotatable bonds is 1. The number of nitrogens with one attached hydrogen (secondary N) is 1. The molecule has 0 aliphatic rings. The van der Waals surface area contributed by atoms with Crippen LogP contribution in [0.2, 0.25) is 5.02 Å². The maximum absolute atomic E-state index is 13.3. The molecular formula is C7H4ClFN4O. The second kappa shape index (κ2) is 3.22. The minimum Gasteiger partial charge on any atom is -0.244 e. The number of benzene rings is 1. The van der Waals surface area contributed by atoms with E-state index in [1.165, 1.54) is 12.1 Å². The Morgan fingerprint density at radius 2 is 2.29 bits per heavy atom. The average Bonchev–Trinajstić information content (AvgIpc) is 2.52. The van der Waals surface area contributed by atoms with Crippen LogP contribution in [0.1, 0.15) is 0 Å². The monoisotopic (exact) mass is 214 g/mol. The Labute approximate surface area is 82.1 Å². The molecule has 2 rings (SSSR count). The van der Waals surface area contributed by atoms with Gasteiger partial charge in [0.15, 0.2) is 5.82 Å². The number of hydrogen-bond acceptors (Lipinski definition) is 3. The van der Waals surface area contributed by atoms with Crippen LogP contribution in [0.4, 0.5) is 4.39 Å². The van der Waals surface area contributed by atoms with Crippen molar-refractivity contribution >= 4 is 11.6 Å². The highest BCUT2D eigenvalue weighted by molar-refractivity contribution is 6.30. The highest BCUT2D eigenvalue weighted by atomic mass is 35.5. The first kappa shape index (κ1) is 8.89. The van der Waals surface area contributed by atoms with Crippen LogP contribution < -0.4 is 5.69 Å². The van der Waals surface area contributed by atoms with Crippen LogP contribution in [0.15, 0.2) is 23.0 Å². The minimum atomic E-state index is -0.631. The van der Waals surface area contributed by atoms with Gasteiger partial charge in [-0.05, 0) is 28.6 Å². The van der Waals surface area contributed by atoms with Gasteiger partial charge in [-0.2, -0.15) is 4.68 Å². The maximum atomic E-state index is 13.3. The summed E-state index contributed by atoms with van der Waals surface area (Å²) in [6, 6.07) is 3.90. The summed E-state index contributed by atoms with van der Waals surface area (Å²) in [6.07, 6.45) is 0. The number of tetrazole rings is 1. The highest BCUT2D eigenvalue weighted by Gasteiger charge is 2.08. The molecule has 0 spiro atoms. The number of aromatic amines is 1. The third-order valence-corrected chi connectivity index (χ3v) is 1.85. The van der Waals surface area contributed by atoms with Crippen molar-refractivity contribution in [2.45, 2.75) is 0 Å². The molecule has 0 fully saturated rings. The molecule has 0 atom stereocenters. The summed E-state index contributed by atoms with van der Waals surface area (Å²) >= 11 is 5.55. The lowest BCUT2D eigenvalue weighted by Gasteiger charge is -1.99. The lowest BCUT2D eigenvalue weighted by atomic mass is 10.3. The van der Waals surface area contributed by atoms with E-state index in [2.05, 4.69) is 15.5 Å². The fourth-order valence-corrected chi connectivity index (χ4v) is 1.17. The highest BCUT2D eigenvalue weighted by Crippen LogP contribution is 2.15. The first-order chi connectivity index (χ1) is 6.68. The van der Waals surface area contributed by atoms with Crippen molar-refractivity contribution in [1.82, 2.24) is 20.2 Å². The zero-order valence-electron chi connectivity index (χ0n) is 6.74. The Bertz CT molecular complexity index is 520. The maximum Gasteiger partial charge on any atom is 0.365 e. The minimum absolute atomic E-state index is 0.00755. The molecule has 0 bridgehead atoms. The topological polar surface area (TPSA) is 63.6 Å². The molecule has 14 heavy (non-hydrogen) atoms. The number of nitrogens with zero attached hydrogens (tertiary/aromatic N) is 3. The molecule has 72 valence electrons. The van der Waals surface area contributed by atoms with Gasteiger partial charge in [-0.3, -0.25) is 0 Å². The smallest absolute Gasteiger partial charge is 0.244 e. The summed E-state index contributed by atoms with van der Waals surface area (Å²) < 4.78 is 14.1. The Morgan fingerprint density at radius 3 is 2.86 bits per heavy atom. The summed E-state index contributed by atoms with van der Waals surface area (Å²) in [4.78, 5) is 11.0. The molecule has 1 aromatic heterocycles. The van der Waals surface area contributed by atoms with Gasteiger partial charge in [0.2, 0.25) is 0 Å². The lowest BCUT2D eigenvalue weighted by Crippen LogP contribution is -2.17. The summed E-state index contributed by atoms with van der Waals surface area (Å²) in [5.74, 6) is -0.631. The summed E-state index contributed by atoms with van der Waals surface area (Å²) in [5, 5.41) is 8.94. The van der Waals surface area contributed by atoms with Crippen molar-refractivity contribution in [1.29, 1.82) is 0 Å². The summed E-state index contributed by atoms with van der Waals surface area (Å²) in [5.41, 5.74) is -0.598. The van der Waals surface area contributed by atoms with Crippen molar-refractivity contribution in [2.24, 2.45) is 0 Å². The van der Waals surface area contributed by atoms with Crippen molar-refractivity contribution in [2.75, 3.05) is 0 Å². The number of aromatic nitrogens is 4. The van der Waals surface area contributed by atoms with E-state index in [1.54, 1.807) is 0 Å². The first-order valence-corrected chi connectivity index (χ1v) is 4.02. The zero-order chi connectivity index (χ0) is 10.1. The Morgan fingerprint density at radius 1 is 1.50 bits per heavy atom. The fourth-order valence-electron chi connectivity index (χ4n) is 1.01. The normalized spacial score (nSPS) is 10.4. The Kier molecular flexibility index (Phi) is 2.05. The molecule has 7 heteroatoms. The predicted molar refractivity (Wildman–Crippen MR) is 46.9 cm³/mol.